The van der Waals surface area contributed by atoms with Gasteiger partial charge < -0.3 is 0 Å². The molecule has 0 saturated heterocycles. The van der Waals surface area contributed by atoms with Crippen LogP contribution < -0.4 is 0 Å². The van der Waals surface area contributed by atoms with Gasteiger partial charge in [-0.1, -0.05) is 22.6 Å². The number of hydrogen-bond donors (Lipinski definition) is 0. The molecule has 2 heteroatoms. The predicted molar refractivity (Wildman–Crippen MR) is 46.7 cm³/mol. The first kappa shape index (κ1) is 6.99. The molecule has 0 radical (unpaired) electrons. The third kappa shape index (κ3) is 1.93. The number of aromatic nitrogens is 1. The quantitative estimate of drug-likeness (QED) is 0.535. The van der Waals surface area contributed by atoms with Crippen molar-refractivity contribution in [2.45, 2.75) is 11.4 Å². The average Bonchev–Trinajstić information content (AvgIpc) is 1.88. The van der Waals surface area contributed by atoms with Crippen LogP contribution in [-0.4, -0.2) is 4.98 Å². The average molecular weight is 233 g/mol. The molecule has 48 valence electrons. The van der Waals surface area contributed by atoms with Crippen LogP contribution in [0.1, 0.15) is 11.3 Å². The van der Waals surface area contributed by atoms with Crippen molar-refractivity contribution in [3.05, 3.63) is 29.6 Å². The van der Waals surface area contributed by atoms with Gasteiger partial charge in [-0.05, 0) is 24.6 Å². The molecule has 1 nitrogen and oxygen atoms in total. The summed E-state index contributed by atoms with van der Waals surface area (Å²) in [6.07, 6.45) is 1.85. The lowest BCUT2D eigenvalue weighted by Crippen LogP contribution is -1.81. The molecular weight excluding hydrogens is 225 g/mol. The van der Waals surface area contributed by atoms with Crippen molar-refractivity contribution >= 4 is 22.6 Å². The molecule has 1 aromatic rings. The standard InChI is InChI=1S/C7H8IN/c1-6-4-7(5-8)2-3-9-6/h2-4H,5H2,1H3. The molecule has 0 bridgehead atoms. The Hall–Kier alpha value is -0.120. The summed E-state index contributed by atoms with van der Waals surface area (Å²) in [5.41, 5.74) is 2.45. The van der Waals surface area contributed by atoms with E-state index in [9.17, 15) is 0 Å². The van der Waals surface area contributed by atoms with Gasteiger partial charge in [-0.2, -0.15) is 0 Å². The summed E-state index contributed by atoms with van der Waals surface area (Å²) in [6, 6.07) is 4.14. The largest absolute Gasteiger partial charge is 0.262 e. The second-order valence-electron chi connectivity index (χ2n) is 1.94. The Kier molecular flexibility index (Phi) is 2.45. The molecular formula is C7H8IN. The molecule has 0 aromatic carbocycles. The molecule has 0 fully saturated rings. The highest BCUT2D eigenvalue weighted by molar-refractivity contribution is 14.1. The fraction of sp³-hybridized carbons (Fsp3) is 0.286. The molecule has 0 aliphatic rings. The van der Waals surface area contributed by atoms with Crippen molar-refractivity contribution in [2.75, 3.05) is 0 Å². The van der Waals surface area contributed by atoms with E-state index in [0.29, 0.717) is 0 Å². The Balaban J connectivity index is 2.94. The third-order valence-electron chi connectivity index (χ3n) is 1.12. The third-order valence-corrected chi connectivity index (χ3v) is 2.00. The summed E-state index contributed by atoms with van der Waals surface area (Å²) in [4.78, 5) is 4.08. The maximum atomic E-state index is 4.08. The van der Waals surface area contributed by atoms with E-state index in [4.69, 9.17) is 0 Å². The van der Waals surface area contributed by atoms with Crippen molar-refractivity contribution < 1.29 is 0 Å². The van der Waals surface area contributed by atoms with Crippen LogP contribution in [0, 0.1) is 6.92 Å². The van der Waals surface area contributed by atoms with Gasteiger partial charge in [-0.15, -0.1) is 0 Å². The molecule has 0 aliphatic carbocycles. The SMILES string of the molecule is Cc1cc(CI)ccn1. The van der Waals surface area contributed by atoms with Gasteiger partial charge in [0.15, 0.2) is 0 Å². The zero-order chi connectivity index (χ0) is 6.69. The van der Waals surface area contributed by atoms with E-state index in [1.54, 1.807) is 0 Å². The van der Waals surface area contributed by atoms with Crippen LogP contribution in [0.15, 0.2) is 18.3 Å². The first-order chi connectivity index (χ1) is 4.33. The lowest BCUT2D eigenvalue weighted by Gasteiger charge is -1.93. The number of halogens is 1. The molecule has 1 rings (SSSR count). The summed E-state index contributed by atoms with van der Waals surface area (Å²) in [6.45, 7) is 2.01. The van der Waals surface area contributed by atoms with Gasteiger partial charge in [-0.25, -0.2) is 0 Å². The maximum absolute atomic E-state index is 4.08. The molecule has 0 unspecified atom stereocenters. The fourth-order valence-electron chi connectivity index (χ4n) is 0.687. The van der Waals surface area contributed by atoms with Gasteiger partial charge in [-0.3, -0.25) is 4.98 Å². The summed E-state index contributed by atoms with van der Waals surface area (Å²) < 4.78 is 1.07. The number of alkyl halides is 1. The van der Waals surface area contributed by atoms with E-state index in [-0.39, 0.29) is 0 Å². The number of aryl methyl sites for hydroxylation is 1. The second-order valence-corrected chi connectivity index (χ2v) is 2.70. The van der Waals surface area contributed by atoms with E-state index in [1.165, 1.54) is 5.56 Å². The van der Waals surface area contributed by atoms with Gasteiger partial charge in [0.25, 0.3) is 0 Å². The summed E-state index contributed by atoms with van der Waals surface area (Å²) in [7, 11) is 0. The van der Waals surface area contributed by atoms with Crippen LogP contribution in [0.3, 0.4) is 0 Å². The minimum absolute atomic E-state index is 1.07. The van der Waals surface area contributed by atoms with E-state index >= 15 is 0 Å². The Labute approximate surface area is 68.6 Å². The molecule has 1 heterocycles. The van der Waals surface area contributed by atoms with Crippen molar-refractivity contribution in [2.24, 2.45) is 0 Å². The topological polar surface area (TPSA) is 12.9 Å². The molecule has 1 aromatic heterocycles. The zero-order valence-corrected chi connectivity index (χ0v) is 7.42. The van der Waals surface area contributed by atoms with E-state index in [2.05, 4.69) is 33.6 Å². The van der Waals surface area contributed by atoms with E-state index in [1.807, 2.05) is 19.2 Å². The zero-order valence-electron chi connectivity index (χ0n) is 5.26. The number of nitrogens with zero attached hydrogens (tertiary/aromatic N) is 1. The molecule has 0 spiro atoms. The van der Waals surface area contributed by atoms with Crippen LogP contribution in [0.4, 0.5) is 0 Å². The monoisotopic (exact) mass is 233 g/mol. The first-order valence-electron chi connectivity index (χ1n) is 2.80. The smallest absolute Gasteiger partial charge is 0.0375 e. The number of hydrogen-bond acceptors (Lipinski definition) is 1. The van der Waals surface area contributed by atoms with Crippen LogP contribution in [0.5, 0.6) is 0 Å². The summed E-state index contributed by atoms with van der Waals surface area (Å²) in [5.74, 6) is 0. The summed E-state index contributed by atoms with van der Waals surface area (Å²) >= 11 is 2.34. The molecule has 9 heavy (non-hydrogen) atoms. The Morgan fingerprint density at radius 2 is 2.44 bits per heavy atom. The number of rotatable bonds is 1. The van der Waals surface area contributed by atoms with Crippen LogP contribution >= 0.6 is 22.6 Å². The maximum Gasteiger partial charge on any atom is 0.0375 e. The van der Waals surface area contributed by atoms with Crippen molar-refractivity contribution in [3.63, 3.8) is 0 Å². The molecule has 0 amide bonds. The van der Waals surface area contributed by atoms with Crippen molar-refractivity contribution in [1.29, 1.82) is 0 Å². The highest BCUT2D eigenvalue weighted by Gasteiger charge is 1.87. The van der Waals surface area contributed by atoms with Gasteiger partial charge in [0, 0.05) is 16.3 Å². The molecule has 0 atom stereocenters. The normalized spacial score (nSPS) is 9.56. The molecule has 0 aliphatic heterocycles. The minimum atomic E-state index is 1.07. The first-order valence-corrected chi connectivity index (χ1v) is 4.33. The van der Waals surface area contributed by atoms with Crippen LogP contribution in [0.2, 0.25) is 0 Å². The van der Waals surface area contributed by atoms with Crippen LogP contribution in [0.25, 0.3) is 0 Å². The lowest BCUT2D eigenvalue weighted by atomic mass is 10.3. The lowest BCUT2D eigenvalue weighted by molar-refractivity contribution is 1.17. The van der Waals surface area contributed by atoms with Crippen LogP contribution in [-0.2, 0) is 4.43 Å². The minimum Gasteiger partial charge on any atom is -0.262 e. The highest BCUT2D eigenvalue weighted by Crippen LogP contribution is 2.04. The number of pyridine rings is 1. The van der Waals surface area contributed by atoms with Gasteiger partial charge in [0.1, 0.15) is 0 Å². The predicted octanol–water partition coefficient (Wildman–Crippen LogP) is 2.33. The van der Waals surface area contributed by atoms with E-state index in [0.717, 1.165) is 10.1 Å². The van der Waals surface area contributed by atoms with E-state index < -0.39 is 0 Å². The fourth-order valence-corrected chi connectivity index (χ4v) is 1.16. The Morgan fingerprint density at radius 1 is 1.67 bits per heavy atom. The Bertz CT molecular complexity index is 198. The van der Waals surface area contributed by atoms with Gasteiger partial charge in [0.2, 0.25) is 0 Å². The Morgan fingerprint density at radius 3 is 2.89 bits per heavy atom. The summed E-state index contributed by atoms with van der Waals surface area (Å²) in [5, 5.41) is 0. The van der Waals surface area contributed by atoms with Gasteiger partial charge in [0.05, 0.1) is 0 Å². The van der Waals surface area contributed by atoms with Gasteiger partial charge >= 0.3 is 0 Å². The van der Waals surface area contributed by atoms with Crippen molar-refractivity contribution in [1.82, 2.24) is 4.98 Å². The molecule has 0 N–H and O–H groups in total. The highest BCUT2D eigenvalue weighted by atomic mass is 127. The molecule has 0 saturated carbocycles. The van der Waals surface area contributed by atoms with Crippen molar-refractivity contribution in [3.8, 4) is 0 Å². The second kappa shape index (κ2) is 3.15.